The van der Waals surface area contributed by atoms with E-state index in [2.05, 4.69) is 17.8 Å². The van der Waals surface area contributed by atoms with Crippen molar-refractivity contribution in [2.45, 2.75) is 26.7 Å². The Hall–Kier alpha value is -3.02. The van der Waals surface area contributed by atoms with Crippen molar-refractivity contribution in [3.63, 3.8) is 0 Å². The zero-order valence-electron chi connectivity index (χ0n) is 15.1. The number of carbonyl (C=O) groups is 2. The standard InChI is InChI=1S/C20H24N2O4/c1-3-4-13-25-17-9-11-18(12-10-17)26-14-19(23)21-22-20(24)16-7-5-15(2)6-8-16/h5-12H,3-4,13-14H2,1-2H3,(H,21,23)(H,22,24). The number of carbonyl (C=O) groups excluding carboxylic acids is 2. The van der Waals surface area contributed by atoms with Gasteiger partial charge in [-0.3, -0.25) is 20.4 Å². The molecule has 0 fully saturated rings. The lowest BCUT2D eigenvalue weighted by molar-refractivity contribution is -0.123. The van der Waals surface area contributed by atoms with Crippen LogP contribution in [-0.4, -0.2) is 25.0 Å². The second-order valence-corrected chi connectivity index (χ2v) is 5.83. The second kappa shape index (κ2) is 10.1. The molecule has 0 aliphatic heterocycles. The average Bonchev–Trinajstić information content (AvgIpc) is 2.66. The van der Waals surface area contributed by atoms with Gasteiger partial charge >= 0.3 is 0 Å². The molecule has 2 N–H and O–H groups in total. The summed E-state index contributed by atoms with van der Waals surface area (Å²) in [5.41, 5.74) is 6.20. The normalized spacial score (nSPS) is 10.1. The molecule has 2 rings (SSSR count). The van der Waals surface area contributed by atoms with E-state index in [9.17, 15) is 9.59 Å². The van der Waals surface area contributed by atoms with Crippen LogP contribution in [0.4, 0.5) is 0 Å². The smallest absolute Gasteiger partial charge is 0.276 e. The maximum absolute atomic E-state index is 11.9. The van der Waals surface area contributed by atoms with Crippen molar-refractivity contribution in [3.8, 4) is 11.5 Å². The third-order valence-electron chi connectivity index (χ3n) is 3.59. The highest BCUT2D eigenvalue weighted by Gasteiger charge is 2.08. The summed E-state index contributed by atoms with van der Waals surface area (Å²) in [6.45, 7) is 4.52. The summed E-state index contributed by atoms with van der Waals surface area (Å²) in [4.78, 5) is 23.7. The molecule has 0 aliphatic rings. The van der Waals surface area contributed by atoms with Crippen LogP contribution >= 0.6 is 0 Å². The first-order valence-corrected chi connectivity index (χ1v) is 8.60. The van der Waals surface area contributed by atoms with Gasteiger partial charge < -0.3 is 9.47 Å². The van der Waals surface area contributed by atoms with Crippen molar-refractivity contribution in [1.29, 1.82) is 0 Å². The van der Waals surface area contributed by atoms with Crippen molar-refractivity contribution in [3.05, 3.63) is 59.7 Å². The van der Waals surface area contributed by atoms with Crippen LogP contribution < -0.4 is 20.3 Å². The van der Waals surface area contributed by atoms with E-state index in [4.69, 9.17) is 9.47 Å². The molecule has 0 bridgehead atoms. The Bertz CT molecular complexity index is 712. The van der Waals surface area contributed by atoms with Crippen LogP contribution in [0.1, 0.15) is 35.7 Å². The number of nitrogens with one attached hydrogen (secondary N) is 2. The number of ether oxygens (including phenoxy) is 2. The van der Waals surface area contributed by atoms with E-state index in [1.54, 1.807) is 36.4 Å². The summed E-state index contributed by atoms with van der Waals surface area (Å²) >= 11 is 0. The van der Waals surface area contributed by atoms with E-state index >= 15 is 0 Å². The molecular weight excluding hydrogens is 332 g/mol. The number of amides is 2. The largest absolute Gasteiger partial charge is 0.494 e. The second-order valence-electron chi connectivity index (χ2n) is 5.83. The average molecular weight is 356 g/mol. The van der Waals surface area contributed by atoms with Crippen LogP contribution in [0.5, 0.6) is 11.5 Å². The van der Waals surface area contributed by atoms with Crippen molar-refractivity contribution in [2.75, 3.05) is 13.2 Å². The summed E-state index contributed by atoms with van der Waals surface area (Å²) in [7, 11) is 0. The quantitative estimate of drug-likeness (QED) is 0.563. The van der Waals surface area contributed by atoms with Gasteiger partial charge in [0.2, 0.25) is 0 Å². The van der Waals surface area contributed by atoms with Gasteiger partial charge in [-0.05, 0) is 49.7 Å². The maximum Gasteiger partial charge on any atom is 0.276 e. The van der Waals surface area contributed by atoms with Crippen LogP contribution in [0, 0.1) is 6.92 Å². The van der Waals surface area contributed by atoms with Gasteiger partial charge in [0, 0.05) is 5.56 Å². The molecule has 138 valence electrons. The van der Waals surface area contributed by atoms with Gasteiger partial charge in [-0.25, -0.2) is 0 Å². The zero-order valence-corrected chi connectivity index (χ0v) is 15.1. The molecule has 0 radical (unpaired) electrons. The number of unbranched alkanes of at least 4 members (excludes halogenated alkanes) is 1. The monoisotopic (exact) mass is 356 g/mol. The van der Waals surface area contributed by atoms with Crippen LogP contribution in [-0.2, 0) is 4.79 Å². The van der Waals surface area contributed by atoms with Crippen LogP contribution in [0.15, 0.2) is 48.5 Å². The van der Waals surface area contributed by atoms with Gasteiger partial charge in [-0.1, -0.05) is 31.0 Å². The molecule has 0 saturated heterocycles. The lowest BCUT2D eigenvalue weighted by Gasteiger charge is -2.10. The van der Waals surface area contributed by atoms with E-state index < -0.39 is 5.91 Å². The molecule has 0 aliphatic carbocycles. The molecule has 0 atom stereocenters. The van der Waals surface area contributed by atoms with Crippen LogP contribution in [0.2, 0.25) is 0 Å². The molecular formula is C20H24N2O4. The summed E-state index contributed by atoms with van der Waals surface area (Å²) < 4.78 is 10.9. The van der Waals surface area contributed by atoms with E-state index in [0.29, 0.717) is 17.9 Å². The number of hydrogen-bond acceptors (Lipinski definition) is 4. The molecule has 0 unspecified atom stereocenters. The Morgan fingerprint density at radius 2 is 1.50 bits per heavy atom. The van der Waals surface area contributed by atoms with Crippen LogP contribution in [0.3, 0.4) is 0 Å². The molecule has 0 saturated carbocycles. The van der Waals surface area contributed by atoms with E-state index in [0.717, 1.165) is 24.2 Å². The van der Waals surface area contributed by atoms with Crippen molar-refractivity contribution < 1.29 is 19.1 Å². The summed E-state index contributed by atoms with van der Waals surface area (Å²) in [5.74, 6) is 0.481. The minimum atomic E-state index is -0.450. The van der Waals surface area contributed by atoms with Gasteiger partial charge in [-0.2, -0.15) is 0 Å². The fourth-order valence-corrected chi connectivity index (χ4v) is 2.05. The van der Waals surface area contributed by atoms with Gasteiger partial charge in [0.15, 0.2) is 6.61 Å². The Kier molecular flexibility index (Phi) is 7.49. The fourth-order valence-electron chi connectivity index (χ4n) is 2.05. The van der Waals surface area contributed by atoms with Crippen LogP contribution in [0.25, 0.3) is 0 Å². The predicted molar refractivity (Wildman–Crippen MR) is 99.1 cm³/mol. The molecule has 2 aromatic rings. The first kappa shape index (κ1) is 19.3. The molecule has 0 spiro atoms. The van der Waals surface area contributed by atoms with Gasteiger partial charge in [0.05, 0.1) is 6.61 Å². The molecule has 0 aromatic heterocycles. The molecule has 2 amide bonds. The lowest BCUT2D eigenvalue weighted by Crippen LogP contribution is -2.43. The molecule has 6 nitrogen and oxygen atoms in total. The SMILES string of the molecule is CCCCOc1ccc(OCC(=O)NNC(=O)c2ccc(C)cc2)cc1. The van der Waals surface area contributed by atoms with Crippen molar-refractivity contribution in [2.24, 2.45) is 0 Å². The highest BCUT2D eigenvalue weighted by molar-refractivity contribution is 5.95. The summed E-state index contributed by atoms with van der Waals surface area (Å²) in [6.07, 6.45) is 2.09. The Morgan fingerprint density at radius 3 is 2.12 bits per heavy atom. The highest BCUT2D eigenvalue weighted by Crippen LogP contribution is 2.17. The van der Waals surface area contributed by atoms with Gasteiger partial charge in [-0.15, -0.1) is 0 Å². The molecule has 6 heteroatoms. The third kappa shape index (κ3) is 6.47. The van der Waals surface area contributed by atoms with Crippen molar-refractivity contribution >= 4 is 11.8 Å². The molecule has 0 heterocycles. The highest BCUT2D eigenvalue weighted by atomic mass is 16.5. The minimum absolute atomic E-state index is 0.204. The number of aryl methyl sites for hydroxylation is 1. The Labute approximate surface area is 153 Å². The lowest BCUT2D eigenvalue weighted by atomic mass is 10.1. The minimum Gasteiger partial charge on any atom is -0.494 e. The number of benzene rings is 2. The topological polar surface area (TPSA) is 76.7 Å². The summed E-state index contributed by atoms with van der Waals surface area (Å²) in [5, 5.41) is 0. The third-order valence-corrected chi connectivity index (χ3v) is 3.59. The fraction of sp³-hybridized carbons (Fsp3) is 0.300. The van der Waals surface area contributed by atoms with Crippen molar-refractivity contribution in [1.82, 2.24) is 10.9 Å². The molecule has 2 aromatic carbocycles. The van der Waals surface area contributed by atoms with E-state index in [1.807, 2.05) is 19.1 Å². The number of hydrazine groups is 1. The Balaban J connectivity index is 1.71. The number of rotatable bonds is 8. The van der Waals surface area contributed by atoms with E-state index in [1.165, 1.54) is 0 Å². The summed E-state index contributed by atoms with van der Waals surface area (Å²) in [6, 6.07) is 14.1. The van der Waals surface area contributed by atoms with E-state index in [-0.39, 0.29) is 12.5 Å². The zero-order chi connectivity index (χ0) is 18.8. The Morgan fingerprint density at radius 1 is 0.885 bits per heavy atom. The molecule has 26 heavy (non-hydrogen) atoms. The first-order valence-electron chi connectivity index (χ1n) is 8.60. The van der Waals surface area contributed by atoms with Gasteiger partial charge in [0.25, 0.3) is 11.8 Å². The van der Waals surface area contributed by atoms with Gasteiger partial charge in [0.1, 0.15) is 11.5 Å². The first-order chi connectivity index (χ1) is 12.6. The number of hydrogen-bond donors (Lipinski definition) is 2. The maximum atomic E-state index is 11.9. The predicted octanol–water partition coefficient (Wildman–Crippen LogP) is 3.01.